The Morgan fingerprint density at radius 1 is 1.33 bits per heavy atom. The van der Waals surface area contributed by atoms with E-state index in [1.165, 1.54) is 30.5 Å². The molecule has 0 spiro atoms. The fourth-order valence-corrected chi connectivity index (χ4v) is 3.04. The molecule has 6 nitrogen and oxygen atoms in total. The van der Waals surface area contributed by atoms with Crippen LogP contribution in [0, 0.1) is 5.82 Å². The van der Waals surface area contributed by atoms with Crippen molar-refractivity contribution in [1.82, 2.24) is 9.71 Å². The maximum absolute atomic E-state index is 13.3. The number of ether oxygens (including phenoxy) is 1. The SMILES string of the molecule is CCOc1ccc(C(=O)NS(=O)(=O)Cc2ccc(Cl)c(F)c2)cn1. The van der Waals surface area contributed by atoms with Crippen molar-refractivity contribution < 1.29 is 22.3 Å². The summed E-state index contributed by atoms with van der Waals surface area (Å²) in [5, 5.41) is -0.111. The number of amides is 1. The number of pyridine rings is 1. The van der Waals surface area contributed by atoms with Crippen molar-refractivity contribution in [3.8, 4) is 5.88 Å². The van der Waals surface area contributed by atoms with E-state index in [9.17, 15) is 17.6 Å². The van der Waals surface area contributed by atoms with Crippen LogP contribution in [-0.2, 0) is 15.8 Å². The molecule has 1 aromatic heterocycles. The standard InChI is InChI=1S/C15H14ClFN2O4S/c1-2-23-14-6-4-11(8-18-14)15(20)19-24(21,22)9-10-3-5-12(16)13(17)7-10/h3-8H,2,9H2,1H3,(H,19,20). The highest BCUT2D eigenvalue weighted by Gasteiger charge is 2.18. The van der Waals surface area contributed by atoms with Gasteiger partial charge in [0, 0.05) is 12.3 Å². The van der Waals surface area contributed by atoms with Gasteiger partial charge >= 0.3 is 0 Å². The third kappa shape index (κ3) is 4.90. The van der Waals surface area contributed by atoms with E-state index in [4.69, 9.17) is 16.3 Å². The molecular weight excluding hydrogens is 359 g/mol. The number of halogens is 2. The summed E-state index contributed by atoms with van der Waals surface area (Å²) >= 11 is 5.54. The Hall–Kier alpha value is -2.19. The number of carbonyl (C=O) groups is 1. The minimum absolute atomic E-state index is 0.0596. The maximum Gasteiger partial charge on any atom is 0.266 e. The van der Waals surface area contributed by atoms with Crippen LogP contribution >= 0.6 is 11.6 Å². The number of hydrogen-bond acceptors (Lipinski definition) is 5. The Bertz CT molecular complexity index is 841. The van der Waals surface area contributed by atoms with Gasteiger partial charge in [0.1, 0.15) is 5.82 Å². The molecule has 1 N–H and O–H groups in total. The molecule has 9 heteroatoms. The predicted octanol–water partition coefficient (Wildman–Crippen LogP) is 2.53. The molecule has 0 saturated heterocycles. The lowest BCUT2D eigenvalue weighted by Crippen LogP contribution is -2.31. The second-order valence-corrected chi connectivity index (χ2v) is 6.89. The molecule has 1 aromatic carbocycles. The van der Waals surface area contributed by atoms with Crippen LogP contribution in [0.1, 0.15) is 22.8 Å². The van der Waals surface area contributed by atoms with Crippen molar-refractivity contribution in [2.45, 2.75) is 12.7 Å². The van der Waals surface area contributed by atoms with Crippen LogP contribution in [0.25, 0.3) is 0 Å². The number of aromatic nitrogens is 1. The van der Waals surface area contributed by atoms with E-state index >= 15 is 0 Å². The number of sulfonamides is 1. The van der Waals surface area contributed by atoms with Crippen LogP contribution in [0.15, 0.2) is 36.5 Å². The molecule has 128 valence electrons. The smallest absolute Gasteiger partial charge is 0.266 e. The summed E-state index contributed by atoms with van der Waals surface area (Å²) < 4.78 is 44.4. The molecule has 0 saturated carbocycles. The van der Waals surface area contributed by atoms with E-state index < -0.39 is 27.5 Å². The van der Waals surface area contributed by atoms with Crippen LogP contribution in [0.3, 0.4) is 0 Å². The van der Waals surface area contributed by atoms with Crippen LogP contribution in [0.5, 0.6) is 5.88 Å². The van der Waals surface area contributed by atoms with Gasteiger partial charge < -0.3 is 4.74 Å². The lowest BCUT2D eigenvalue weighted by Gasteiger charge is -2.08. The average molecular weight is 373 g/mol. The summed E-state index contributed by atoms with van der Waals surface area (Å²) in [5.74, 6) is -1.79. The van der Waals surface area contributed by atoms with Gasteiger partial charge in [0.25, 0.3) is 5.91 Å². The molecule has 0 fully saturated rings. The highest BCUT2D eigenvalue weighted by Crippen LogP contribution is 2.17. The summed E-state index contributed by atoms with van der Waals surface area (Å²) in [7, 11) is -4.00. The third-order valence-corrected chi connectivity index (χ3v) is 4.40. The first-order valence-electron chi connectivity index (χ1n) is 6.88. The molecule has 2 rings (SSSR count). The number of nitrogens with zero attached hydrogens (tertiary/aromatic N) is 1. The van der Waals surface area contributed by atoms with E-state index in [-0.39, 0.29) is 16.1 Å². The Kier molecular flexibility index (Phi) is 5.74. The Balaban J connectivity index is 2.07. The fourth-order valence-electron chi connectivity index (χ4n) is 1.83. The molecule has 0 aliphatic heterocycles. The van der Waals surface area contributed by atoms with Crippen molar-refractivity contribution in [3.05, 3.63) is 58.5 Å². The molecule has 0 aliphatic carbocycles. The topological polar surface area (TPSA) is 85.4 Å². The van der Waals surface area contributed by atoms with Gasteiger partial charge in [0.05, 0.1) is 22.9 Å². The van der Waals surface area contributed by atoms with E-state index in [2.05, 4.69) is 4.98 Å². The average Bonchev–Trinajstić information content (AvgIpc) is 2.51. The number of benzene rings is 1. The largest absolute Gasteiger partial charge is 0.478 e. The van der Waals surface area contributed by atoms with Crippen molar-refractivity contribution in [3.63, 3.8) is 0 Å². The molecular formula is C15H14ClFN2O4S. The highest BCUT2D eigenvalue weighted by molar-refractivity contribution is 7.89. The highest BCUT2D eigenvalue weighted by atomic mass is 35.5. The molecule has 2 aromatic rings. The second kappa shape index (κ2) is 7.59. The van der Waals surface area contributed by atoms with Crippen LogP contribution in [-0.4, -0.2) is 25.9 Å². The Morgan fingerprint density at radius 3 is 2.67 bits per heavy atom. The van der Waals surface area contributed by atoms with Gasteiger partial charge in [-0.05, 0) is 30.7 Å². The van der Waals surface area contributed by atoms with Gasteiger partial charge in [0.2, 0.25) is 15.9 Å². The van der Waals surface area contributed by atoms with Gasteiger partial charge in [-0.2, -0.15) is 0 Å². The summed E-state index contributed by atoms with van der Waals surface area (Å²) in [6, 6.07) is 6.47. The number of nitrogens with one attached hydrogen (secondary N) is 1. The first-order chi connectivity index (χ1) is 11.3. The number of carbonyl (C=O) groups excluding carboxylic acids is 1. The fraction of sp³-hybridized carbons (Fsp3) is 0.200. The van der Waals surface area contributed by atoms with Crippen molar-refractivity contribution in [2.75, 3.05) is 6.61 Å². The molecule has 0 atom stereocenters. The van der Waals surface area contributed by atoms with E-state index in [0.717, 1.165) is 6.07 Å². The normalized spacial score (nSPS) is 11.1. The summed E-state index contributed by atoms with van der Waals surface area (Å²) in [5.41, 5.74) is 0.228. The minimum atomic E-state index is -4.00. The zero-order valence-corrected chi connectivity index (χ0v) is 14.2. The zero-order chi connectivity index (χ0) is 17.7. The van der Waals surface area contributed by atoms with Crippen molar-refractivity contribution >= 4 is 27.5 Å². The molecule has 0 bridgehead atoms. The van der Waals surface area contributed by atoms with Gasteiger partial charge in [0.15, 0.2) is 0 Å². The van der Waals surface area contributed by atoms with Gasteiger partial charge in [-0.3, -0.25) is 4.79 Å². The van der Waals surface area contributed by atoms with E-state index in [1.807, 2.05) is 4.72 Å². The van der Waals surface area contributed by atoms with Crippen LogP contribution < -0.4 is 9.46 Å². The first kappa shape index (κ1) is 18.2. The van der Waals surface area contributed by atoms with E-state index in [0.29, 0.717) is 12.5 Å². The molecule has 0 radical (unpaired) electrons. The lowest BCUT2D eigenvalue weighted by atomic mass is 10.2. The van der Waals surface area contributed by atoms with Crippen molar-refractivity contribution in [1.29, 1.82) is 0 Å². The van der Waals surface area contributed by atoms with Crippen LogP contribution in [0.2, 0.25) is 5.02 Å². The number of rotatable bonds is 6. The first-order valence-corrected chi connectivity index (χ1v) is 8.91. The monoisotopic (exact) mass is 372 g/mol. The molecule has 1 amide bonds. The van der Waals surface area contributed by atoms with Crippen LogP contribution in [0.4, 0.5) is 4.39 Å². The van der Waals surface area contributed by atoms with Crippen molar-refractivity contribution in [2.24, 2.45) is 0 Å². The van der Waals surface area contributed by atoms with E-state index in [1.54, 1.807) is 6.92 Å². The molecule has 1 heterocycles. The second-order valence-electron chi connectivity index (χ2n) is 4.76. The van der Waals surface area contributed by atoms with Gasteiger partial charge in [-0.15, -0.1) is 0 Å². The lowest BCUT2D eigenvalue weighted by molar-refractivity contribution is 0.0981. The zero-order valence-electron chi connectivity index (χ0n) is 12.6. The summed E-state index contributed by atoms with van der Waals surface area (Å²) in [6.07, 6.45) is 1.21. The predicted molar refractivity (Wildman–Crippen MR) is 86.9 cm³/mol. The summed E-state index contributed by atoms with van der Waals surface area (Å²) in [6.45, 7) is 2.21. The molecule has 0 unspecified atom stereocenters. The van der Waals surface area contributed by atoms with Gasteiger partial charge in [-0.1, -0.05) is 17.7 Å². The van der Waals surface area contributed by atoms with Gasteiger partial charge in [-0.25, -0.2) is 22.5 Å². The molecule has 24 heavy (non-hydrogen) atoms. The molecule has 0 aliphatic rings. The number of hydrogen-bond donors (Lipinski definition) is 1. The third-order valence-electron chi connectivity index (χ3n) is 2.88. The quantitative estimate of drug-likeness (QED) is 0.842. The maximum atomic E-state index is 13.3. The summed E-state index contributed by atoms with van der Waals surface area (Å²) in [4.78, 5) is 15.9. The Morgan fingerprint density at radius 2 is 2.08 bits per heavy atom. The Labute approximate surface area is 143 Å². The minimum Gasteiger partial charge on any atom is -0.478 e.